The third-order valence-corrected chi connectivity index (χ3v) is 4.42. The Morgan fingerprint density at radius 3 is 2.75 bits per heavy atom. The van der Waals surface area contributed by atoms with E-state index in [1.54, 1.807) is 0 Å². The van der Waals surface area contributed by atoms with Crippen molar-refractivity contribution in [2.45, 2.75) is 32.1 Å². The van der Waals surface area contributed by atoms with Crippen molar-refractivity contribution in [2.24, 2.45) is 5.92 Å². The van der Waals surface area contributed by atoms with E-state index in [4.69, 9.17) is 4.74 Å². The molecule has 0 bridgehead atoms. The number of halogens is 2. The normalized spacial score (nSPS) is 17.4. The van der Waals surface area contributed by atoms with Crippen LogP contribution in [0, 0.1) is 9.49 Å². The van der Waals surface area contributed by atoms with Gasteiger partial charge in [0.1, 0.15) is 5.75 Å². The van der Waals surface area contributed by atoms with Crippen LogP contribution in [0.4, 0.5) is 0 Å². The Kier molecular flexibility index (Phi) is 4.95. The minimum Gasteiger partial charge on any atom is -0.492 e. The van der Waals surface area contributed by atoms with Crippen LogP contribution in [-0.4, -0.2) is 6.61 Å². The zero-order chi connectivity index (χ0) is 11.4. The van der Waals surface area contributed by atoms with Crippen LogP contribution in [-0.2, 0) is 0 Å². The maximum Gasteiger partial charge on any atom is 0.134 e. The molecule has 0 aromatic heterocycles. The fourth-order valence-electron chi connectivity index (χ4n) is 2.15. The zero-order valence-corrected chi connectivity index (χ0v) is 13.0. The van der Waals surface area contributed by atoms with E-state index in [1.807, 2.05) is 0 Å². The molecule has 1 saturated carbocycles. The molecule has 1 aliphatic rings. The van der Waals surface area contributed by atoms with Gasteiger partial charge in [0, 0.05) is 3.57 Å². The first kappa shape index (κ1) is 12.7. The summed E-state index contributed by atoms with van der Waals surface area (Å²) in [6, 6.07) is 6.23. The molecular weight excluding hydrogens is 379 g/mol. The summed E-state index contributed by atoms with van der Waals surface area (Å²) in [5, 5.41) is 0. The molecule has 1 nitrogen and oxygen atoms in total. The molecule has 0 heterocycles. The van der Waals surface area contributed by atoms with Crippen molar-refractivity contribution in [1.29, 1.82) is 0 Å². The van der Waals surface area contributed by atoms with Crippen molar-refractivity contribution >= 4 is 38.5 Å². The molecule has 1 aromatic rings. The molecule has 0 spiro atoms. The molecule has 0 atom stereocenters. The van der Waals surface area contributed by atoms with Crippen molar-refractivity contribution in [3.8, 4) is 5.75 Å². The lowest BCUT2D eigenvalue weighted by Crippen LogP contribution is -2.15. The highest BCUT2D eigenvalue weighted by Crippen LogP contribution is 2.29. The van der Waals surface area contributed by atoms with Crippen molar-refractivity contribution in [2.75, 3.05) is 6.61 Å². The average Bonchev–Trinajstić information content (AvgIpc) is 2.32. The van der Waals surface area contributed by atoms with E-state index in [2.05, 4.69) is 56.7 Å². The van der Waals surface area contributed by atoms with Gasteiger partial charge in [-0.15, -0.1) is 0 Å². The minimum atomic E-state index is 0.763. The standard InChI is InChI=1S/C13H16BrIO/c14-12-7-6-11(15)8-13(12)16-9-10-4-2-1-3-5-10/h6-8,10H,1-5,9H2. The molecule has 0 aliphatic heterocycles. The van der Waals surface area contributed by atoms with E-state index >= 15 is 0 Å². The SMILES string of the molecule is Brc1ccc(I)cc1OCC1CCCCC1. The first-order chi connectivity index (χ1) is 7.75. The van der Waals surface area contributed by atoms with Gasteiger partial charge in [0.2, 0.25) is 0 Å². The first-order valence-corrected chi connectivity index (χ1v) is 7.71. The first-order valence-electron chi connectivity index (χ1n) is 5.83. The lowest BCUT2D eigenvalue weighted by molar-refractivity contribution is 0.208. The second-order valence-corrected chi connectivity index (χ2v) is 6.49. The van der Waals surface area contributed by atoms with Crippen LogP contribution in [0.3, 0.4) is 0 Å². The fraction of sp³-hybridized carbons (Fsp3) is 0.538. The maximum atomic E-state index is 5.91. The van der Waals surface area contributed by atoms with E-state index < -0.39 is 0 Å². The van der Waals surface area contributed by atoms with Crippen LogP contribution in [0.2, 0.25) is 0 Å². The van der Waals surface area contributed by atoms with Gasteiger partial charge in [0.25, 0.3) is 0 Å². The van der Waals surface area contributed by atoms with Crippen molar-refractivity contribution < 1.29 is 4.74 Å². The third kappa shape index (κ3) is 3.62. The molecule has 1 aliphatic carbocycles. The highest BCUT2D eigenvalue weighted by atomic mass is 127. The topological polar surface area (TPSA) is 9.23 Å². The molecule has 0 N–H and O–H groups in total. The van der Waals surface area contributed by atoms with Crippen molar-refractivity contribution in [1.82, 2.24) is 0 Å². The summed E-state index contributed by atoms with van der Waals surface area (Å²) in [6.45, 7) is 0.874. The van der Waals surface area contributed by atoms with Gasteiger partial charge in [-0.1, -0.05) is 19.3 Å². The van der Waals surface area contributed by atoms with Crippen LogP contribution in [0.15, 0.2) is 22.7 Å². The number of hydrogen-bond acceptors (Lipinski definition) is 1. The van der Waals surface area contributed by atoms with Crippen LogP contribution >= 0.6 is 38.5 Å². The van der Waals surface area contributed by atoms with Crippen LogP contribution in [0.5, 0.6) is 5.75 Å². The second kappa shape index (κ2) is 6.24. The Morgan fingerprint density at radius 2 is 2.00 bits per heavy atom. The summed E-state index contributed by atoms with van der Waals surface area (Å²) >= 11 is 5.84. The minimum absolute atomic E-state index is 0.763. The Bertz CT molecular complexity index is 348. The van der Waals surface area contributed by atoms with Crippen molar-refractivity contribution in [3.63, 3.8) is 0 Å². The monoisotopic (exact) mass is 394 g/mol. The van der Waals surface area contributed by atoms with Gasteiger partial charge in [0.05, 0.1) is 11.1 Å². The Balaban J connectivity index is 1.90. The molecule has 0 unspecified atom stereocenters. The van der Waals surface area contributed by atoms with E-state index in [1.165, 1.54) is 35.7 Å². The fourth-order valence-corrected chi connectivity index (χ4v) is 2.97. The van der Waals surface area contributed by atoms with Gasteiger partial charge < -0.3 is 4.74 Å². The highest BCUT2D eigenvalue weighted by molar-refractivity contribution is 14.1. The van der Waals surface area contributed by atoms with Gasteiger partial charge in [-0.05, 0) is 75.5 Å². The second-order valence-electron chi connectivity index (χ2n) is 4.39. The third-order valence-electron chi connectivity index (χ3n) is 3.09. The predicted molar refractivity (Wildman–Crippen MR) is 78.9 cm³/mol. The van der Waals surface area contributed by atoms with Crippen LogP contribution < -0.4 is 4.74 Å². The highest BCUT2D eigenvalue weighted by Gasteiger charge is 2.14. The zero-order valence-electron chi connectivity index (χ0n) is 9.22. The van der Waals surface area contributed by atoms with Gasteiger partial charge in [-0.2, -0.15) is 0 Å². The molecule has 0 amide bonds. The molecule has 1 aromatic carbocycles. The van der Waals surface area contributed by atoms with Crippen molar-refractivity contribution in [3.05, 3.63) is 26.2 Å². The average molecular weight is 395 g/mol. The molecule has 0 saturated heterocycles. The van der Waals surface area contributed by atoms with Crippen LogP contribution in [0.25, 0.3) is 0 Å². The molecule has 88 valence electrons. The Labute approximate surface area is 119 Å². The quantitative estimate of drug-likeness (QED) is 0.654. The Morgan fingerprint density at radius 1 is 1.25 bits per heavy atom. The van der Waals surface area contributed by atoms with Gasteiger partial charge in [0.15, 0.2) is 0 Å². The number of hydrogen-bond donors (Lipinski definition) is 0. The van der Waals surface area contributed by atoms with E-state index in [9.17, 15) is 0 Å². The van der Waals surface area contributed by atoms with Gasteiger partial charge in [-0.3, -0.25) is 0 Å². The smallest absolute Gasteiger partial charge is 0.134 e. The summed E-state index contributed by atoms with van der Waals surface area (Å²) in [5.41, 5.74) is 0. The molecule has 3 heteroatoms. The number of rotatable bonds is 3. The number of benzene rings is 1. The summed E-state index contributed by atoms with van der Waals surface area (Å²) in [5.74, 6) is 1.75. The molecular formula is C13H16BrIO. The summed E-state index contributed by atoms with van der Waals surface area (Å²) < 4.78 is 8.19. The maximum absolute atomic E-state index is 5.91. The lowest BCUT2D eigenvalue weighted by Gasteiger charge is -2.22. The molecule has 16 heavy (non-hydrogen) atoms. The summed E-state index contributed by atoms with van der Waals surface area (Å²) in [4.78, 5) is 0. The van der Waals surface area contributed by atoms with E-state index in [0.29, 0.717) is 0 Å². The Hall–Kier alpha value is 0.230. The number of ether oxygens (including phenoxy) is 1. The van der Waals surface area contributed by atoms with Gasteiger partial charge >= 0.3 is 0 Å². The summed E-state index contributed by atoms with van der Waals surface area (Å²) in [7, 11) is 0. The lowest BCUT2D eigenvalue weighted by atomic mass is 9.90. The van der Waals surface area contributed by atoms with Gasteiger partial charge in [-0.25, -0.2) is 0 Å². The van der Waals surface area contributed by atoms with E-state index in [0.717, 1.165) is 22.7 Å². The summed E-state index contributed by atoms with van der Waals surface area (Å²) in [6.07, 6.45) is 6.83. The van der Waals surface area contributed by atoms with Crippen LogP contribution in [0.1, 0.15) is 32.1 Å². The predicted octanol–water partition coefficient (Wildman–Crippen LogP) is 5.01. The molecule has 0 radical (unpaired) electrons. The largest absolute Gasteiger partial charge is 0.492 e. The van der Waals surface area contributed by atoms with E-state index in [-0.39, 0.29) is 0 Å². The molecule has 2 rings (SSSR count). The molecule has 1 fully saturated rings.